The number of rotatable bonds is 18. The summed E-state index contributed by atoms with van der Waals surface area (Å²) in [4.78, 5) is 52.8. The summed E-state index contributed by atoms with van der Waals surface area (Å²) < 4.78 is 27.5. The highest BCUT2D eigenvalue weighted by Crippen LogP contribution is 2.35. The summed E-state index contributed by atoms with van der Waals surface area (Å²) in [7, 11) is -10.9. The van der Waals surface area contributed by atoms with E-state index in [9.17, 15) is 42.9 Å². The van der Waals surface area contributed by atoms with Crippen LogP contribution in [-0.2, 0) is 39.2 Å². The highest BCUT2D eigenvalue weighted by Gasteiger charge is 2.37. The molecule has 0 radical (unpaired) electrons. The lowest BCUT2D eigenvalue weighted by atomic mass is 9.67. The van der Waals surface area contributed by atoms with Crippen LogP contribution in [0.4, 0.5) is 0 Å². The first-order valence-electron chi connectivity index (χ1n) is 39.7. The standard InChI is InChI=1S/C15H17BN2O3.C15H20BNO2S.C14H21BN2O3.C12H18BNO4S.C12H18BNO2.C10H19BN2O3/c19-15(18-9-7-12(8-10-18)16(20)21)14-6-5-11-3-1-2-4-13(11)17-14;1-11-13-4-2-3-5-14(13)20-15(11)10-17-8-6-12(7-9-17)16(18)19;18-14(11-16-10-12-4-2-1-3-5-12)17-8-6-13(7-9-17)15(19)20;1-10-2-4-12(5-3-10)19(17,18)14-8-6-11(7-9-14)13(15)16;15-13(16)12-6-8-14(9-7-12)10-11-4-2-1-3-5-11;14-10(9-2-1-5-12-9)13-6-3-8(4-7-13)11(15)16/h1-6,12,20-21H,7-10H2;2-5,12,18-19H,6-10H2,1H3;1-5,13,16,19-20H,6-11H2;2-5,11,15-16H,6-9H2,1H3;1-5,12,15-16H,6-10H2;8-9,12,15-16H,1-7H2/t;;;;;9-/m.....1/s1. The van der Waals surface area contributed by atoms with Gasteiger partial charge in [-0.05, 0) is 224 Å². The van der Waals surface area contributed by atoms with E-state index in [0.717, 1.165) is 106 Å². The quantitative estimate of drug-likeness (QED) is 0.0494. The van der Waals surface area contributed by atoms with Crippen molar-refractivity contribution in [1.29, 1.82) is 0 Å². The molecule has 3 amide bonds. The molecular formula is C78H113B6N9O17S2. The molecule has 5 aromatic carbocycles. The van der Waals surface area contributed by atoms with Gasteiger partial charge in [0.05, 0.1) is 23.0 Å². The Balaban J connectivity index is 0.000000155. The molecule has 7 aromatic rings. The Morgan fingerprint density at radius 1 is 0.473 bits per heavy atom. The second-order valence-electron chi connectivity index (χ2n) is 30.5. The number of piperidine rings is 6. The SMILES string of the molecule is Cc1c(CN2CCC(B(O)O)CC2)sc2ccccc12.Cc1ccc(S(=O)(=O)N2CCC(B(O)O)CC2)cc1.O=C(CNCc1ccccc1)N1CCC(B(O)O)CC1.O=C([C@H]1CCCN1)N1CCC(B(O)O)CC1.O=C(c1ccc2ccccc2n1)N1CCC(B(O)O)CC1.OB(O)C1CCN(Cc2ccccc2)CC1. The number of benzene rings is 5. The maximum Gasteiger partial charge on any atom is 0.454 e. The normalized spacial score (nSPS) is 18.8. The third-order valence-corrected chi connectivity index (χ3v) is 25.9. The number of nitrogens with zero attached hydrogens (tertiary/aromatic N) is 7. The summed E-state index contributed by atoms with van der Waals surface area (Å²) in [5.41, 5.74) is 6.14. The fraction of sp³-hybridized carbons (Fsp3) is 0.513. The monoisotopic (exact) mass is 1580 g/mol. The van der Waals surface area contributed by atoms with Gasteiger partial charge in [-0.1, -0.05) is 121 Å². The number of sulfonamides is 1. The minimum absolute atomic E-state index is 0.00407. The highest BCUT2D eigenvalue weighted by molar-refractivity contribution is 7.89. The van der Waals surface area contributed by atoms with Crippen molar-refractivity contribution in [2.45, 2.75) is 169 Å². The van der Waals surface area contributed by atoms with Crippen molar-refractivity contribution in [3.8, 4) is 0 Å². The second-order valence-corrected chi connectivity index (χ2v) is 33.6. The maximum atomic E-state index is 12.5. The van der Waals surface area contributed by atoms with Gasteiger partial charge in [-0.15, -0.1) is 11.3 Å². The van der Waals surface area contributed by atoms with Gasteiger partial charge in [0, 0.05) is 87.0 Å². The molecule has 7 aliphatic heterocycles. The van der Waals surface area contributed by atoms with E-state index in [1.807, 2.05) is 89.9 Å². The fourth-order valence-corrected chi connectivity index (χ4v) is 18.0. The Kier molecular flexibility index (Phi) is 36.1. The molecule has 0 saturated carbocycles. The van der Waals surface area contributed by atoms with Gasteiger partial charge in [0.2, 0.25) is 21.8 Å². The number of fused-ring (bicyclic) bond motifs is 2. The smallest absolute Gasteiger partial charge is 0.427 e. The van der Waals surface area contributed by atoms with E-state index in [0.29, 0.717) is 127 Å². The number of amides is 3. The number of pyridine rings is 1. The van der Waals surface area contributed by atoms with E-state index in [4.69, 9.17) is 40.2 Å². The number of aromatic nitrogens is 1. The summed E-state index contributed by atoms with van der Waals surface area (Å²) in [6.45, 7) is 16.1. The summed E-state index contributed by atoms with van der Waals surface area (Å²) >= 11 is 1.88. The molecule has 0 unspecified atom stereocenters. The molecule has 1 atom stereocenters. The van der Waals surface area contributed by atoms with Crippen molar-refractivity contribution in [2.75, 3.05) is 91.6 Å². The molecule has 9 heterocycles. The third kappa shape index (κ3) is 27.3. The molecule has 14 rings (SSSR count). The molecule has 602 valence electrons. The van der Waals surface area contributed by atoms with Crippen LogP contribution in [0.15, 0.2) is 150 Å². The van der Waals surface area contributed by atoms with Crippen molar-refractivity contribution >= 4 is 103 Å². The Morgan fingerprint density at radius 3 is 1.40 bits per heavy atom. The first kappa shape index (κ1) is 89.5. The molecule has 7 saturated heterocycles. The number of hydrogen-bond donors (Lipinski definition) is 14. The van der Waals surface area contributed by atoms with Crippen molar-refractivity contribution in [3.63, 3.8) is 0 Å². The molecule has 112 heavy (non-hydrogen) atoms. The molecule has 0 bridgehead atoms. The number of carbonyl (C=O) groups is 3. The molecular weight excluding hydrogens is 1460 g/mol. The van der Waals surface area contributed by atoms with Crippen LogP contribution in [0.5, 0.6) is 0 Å². The van der Waals surface area contributed by atoms with Gasteiger partial charge in [-0.2, -0.15) is 4.31 Å². The fourth-order valence-electron chi connectivity index (χ4n) is 15.3. The van der Waals surface area contributed by atoms with Crippen LogP contribution in [0.2, 0.25) is 34.9 Å². The van der Waals surface area contributed by atoms with E-state index in [1.165, 1.54) is 30.4 Å². The molecule has 0 aliphatic carbocycles. The van der Waals surface area contributed by atoms with Gasteiger partial charge in [-0.3, -0.25) is 24.2 Å². The first-order valence-corrected chi connectivity index (χ1v) is 42.0. The van der Waals surface area contributed by atoms with Crippen LogP contribution in [0, 0.1) is 13.8 Å². The molecule has 7 fully saturated rings. The zero-order valence-electron chi connectivity index (χ0n) is 64.6. The number of aryl methyl sites for hydroxylation is 2. The number of thiophene rings is 1. The third-order valence-electron chi connectivity index (χ3n) is 22.7. The Hall–Kier alpha value is -6.46. The Morgan fingerprint density at radius 2 is 0.911 bits per heavy atom. The van der Waals surface area contributed by atoms with Gasteiger partial charge in [0.1, 0.15) is 5.69 Å². The summed E-state index contributed by atoms with van der Waals surface area (Å²) in [6.07, 6.45) is 10.4. The van der Waals surface area contributed by atoms with Gasteiger partial charge < -0.3 is 85.6 Å². The average molecular weight is 1580 g/mol. The lowest BCUT2D eigenvalue weighted by Gasteiger charge is -2.33. The lowest BCUT2D eigenvalue weighted by Crippen LogP contribution is -2.47. The van der Waals surface area contributed by atoms with Crippen LogP contribution in [-0.4, -0.2) is 261 Å². The van der Waals surface area contributed by atoms with Crippen LogP contribution < -0.4 is 10.6 Å². The number of para-hydroxylation sites is 1. The predicted molar refractivity (Wildman–Crippen MR) is 443 cm³/mol. The number of nitrogens with one attached hydrogen (secondary N) is 2. The average Bonchev–Trinajstić information content (AvgIpc) is 1.36. The largest absolute Gasteiger partial charge is 0.454 e. The summed E-state index contributed by atoms with van der Waals surface area (Å²) in [5.74, 6) is -0.261. The van der Waals surface area contributed by atoms with Gasteiger partial charge >= 0.3 is 42.7 Å². The van der Waals surface area contributed by atoms with Gasteiger partial charge in [-0.25, -0.2) is 13.4 Å². The van der Waals surface area contributed by atoms with Crippen molar-refractivity contribution in [3.05, 3.63) is 178 Å². The van der Waals surface area contributed by atoms with Crippen LogP contribution in [0.25, 0.3) is 21.0 Å². The predicted octanol–water partition coefficient (Wildman–Crippen LogP) is 5.16. The minimum Gasteiger partial charge on any atom is -0.427 e. The van der Waals surface area contributed by atoms with Crippen molar-refractivity contribution in [2.24, 2.45) is 0 Å². The van der Waals surface area contributed by atoms with E-state index >= 15 is 0 Å². The summed E-state index contributed by atoms with van der Waals surface area (Å²) in [5, 5.41) is 118. The molecule has 2 aromatic heterocycles. The van der Waals surface area contributed by atoms with Crippen molar-refractivity contribution < 1.29 is 83.1 Å². The van der Waals surface area contributed by atoms with E-state index in [2.05, 4.69) is 80.9 Å². The van der Waals surface area contributed by atoms with Crippen LogP contribution in [0.3, 0.4) is 0 Å². The second kappa shape index (κ2) is 45.2. The van der Waals surface area contributed by atoms with Crippen LogP contribution in [0.1, 0.15) is 128 Å². The Bertz CT molecular complexity index is 4070. The molecule has 0 spiro atoms. The first-order chi connectivity index (χ1) is 53.8. The Labute approximate surface area is 665 Å². The highest BCUT2D eigenvalue weighted by atomic mass is 32.2. The van der Waals surface area contributed by atoms with Crippen molar-refractivity contribution in [1.82, 2.24) is 44.4 Å². The number of likely N-dealkylation sites (tertiary alicyclic amines) is 5. The van der Waals surface area contributed by atoms with Gasteiger partial charge in [0.25, 0.3) is 5.91 Å². The number of hydrogen-bond acceptors (Lipinski definition) is 23. The van der Waals surface area contributed by atoms with E-state index in [-0.39, 0.29) is 58.7 Å². The van der Waals surface area contributed by atoms with E-state index < -0.39 is 52.7 Å². The zero-order chi connectivity index (χ0) is 80.3. The molecule has 34 heteroatoms. The van der Waals surface area contributed by atoms with E-state index in [1.54, 1.807) is 40.1 Å². The topological polar surface area (TPSA) is 385 Å². The zero-order valence-corrected chi connectivity index (χ0v) is 66.3. The number of carbonyl (C=O) groups excluding carboxylic acids is 3. The van der Waals surface area contributed by atoms with Gasteiger partial charge in [0.15, 0.2) is 0 Å². The maximum absolute atomic E-state index is 12.5. The lowest BCUT2D eigenvalue weighted by molar-refractivity contribution is -0.134. The molecule has 14 N–H and O–H groups in total. The molecule has 7 aliphatic rings. The molecule has 26 nitrogen and oxygen atoms in total. The minimum atomic E-state index is -3.46. The van der Waals surface area contributed by atoms with Crippen LogP contribution >= 0.6 is 11.3 Å². The summed E-state index contributed by atoms with van der Waals surface area (Å²) in [6, 6.07) is 47.0.